The number of anilines is 1. The average molecular weight is 390 g/mol. The molecule has 2 amide bonds. The fourth-order valence-corrected chi connectivity index (χ4v) is 3.61. The van der Waals surface area contributed by atoms with E-state index in [2.05, 4.69) is 5.32 Å². The highest BCUT2D eigenvalue weighted by atomic mass is 16.5. The van der Waals surface area contributed by atoms with Crippen LogP contribution in [-0.4, -0.2) is 36.4 Å². The van der Waals surface area contributed by atoms with Crippen LogP contribution in [-0.2, 0) is 4.79 Å². The quantitative estimate of drug-likeness (QED) is 0.709. The average Bonchev–Trinajstić information content (AvgIpc) is 3.46. The molecule has 2 aromatic carbocycles. The number of carbonyl (C=O) groups is 2. The maximum Gasteiger partial charge on any atom is 0.257 e. The molecule has 1 N–H and O–H groups in total. The van der Waals surface area contributed by atoms with Gasteiger partial charge in [-0.2, -0.15) is 0 Å². The molecule has 6 nitrogen and oxygen atoms in total. The van der Waals surface area contributed by atoms with Crippen molar-refractivity contribution in [1.82, 2.24) is 4.90 Å². The van der Waals surface area contributed by atoms with E-state index in [4.69, 9.17) is 9.15 Å². The monoisotopic (exact) mass is 390 g/mol. The second-order valence-electron chi connectivity index (χ2n) is 6.97. The van der Waals surface area contributed by atoms with E-state index in [9.17, 15) is 9.59 Å². The van der Waals surface area contributed by atoms with Gasteiger partial charge in [0.1, 0.15) is 18.1 Å². The minimum Gasteiger partial charge on any atom is -0.497 e. The van der Waals surface area contributed by atoms with Gasteiger partial charge in [0, 0.05) is 12.2 Å². The molecule has 0 spiro atoms. The summed E-state index contributed by atoms with van der Waals surface area (Å²) in [6, 6.07) is 16.6. The van der Waals surface area contributed by atoms with Crippen LogP contribution in [0.15, 0.2) is 71.5 Å². The van der Waals surface area contributed by atoms with Crippen LogP contribution in [0.3, 0.4) is 0 Å². The topological polar surface area (TPSA) is 71.8 Å². The van der Waals surface area contributed by atoms with Crippen molar-refractivity contribution in [3.63, 3.8) is 0 Å². The second kappa shape index (κ2) is 8.22. The number of furan rings is 1. The molecule has 0 saturated carbocycles. The molecule has 6 heteroatoms. The third-order valence-corrected chi connectivity index (χ3v) is 5.14. The molecule has 148 valence electrons. The van der Waals surface area contributed by atoms with Crippen molar-refractivity contribution in [2.75, 3.05) is 19.0 Å². The number of rotatable bonds is 5. The number of hydrogen-bond acceptors (Lipinski definition) is 4. The molecule has 1 fully saturated rings. The van der Waals surface area contributed by atoms with E-state index < -0.39 is 6.04 Å². The Morgan fingerprint density at radius 2 is 1.93 bits per heavy atom. The molecule has 2 heterocycles. The van der Waals surface area contributed by atoms with Gasteiger partial charge in [0.25, 0.3) is 5.91 Å². The van der Waals surface area contributed by atoms with Gasteiger partial charge in [0.2, 0.25) is 5.91 Å². The molecule has 1 aromatic heterocycles. The Bertz CT molecular complexity index is 996. The number of amides is 2. The van der Waals surface area contributed by atoms with Gasteiger partial charge in [-0.15, -0.1) is 0 Å². The lowest BCUT2D eigenvalue weighted by atomic mass is 10.0. The van der Waals surface area contributed by atoms with E-state index in [1.807, 2.05) is 48.5 Å². The minimum atomic E-state index is -0.476. The smallest absolute Gasteiger partial charge is 0.257 e. The Morgan fingerprint density at radius 1 is 1.10 bits per heavy atom. The number of nitrogens with one attached hydrogen (secondary N) is 1. The molecular formula is C23H22N2O4. The van der Waals surface area contributed by atoms with E-state index in [0.717, 1.165) is 23.3 Å². The van der Waals surface area contributed by atoms with Crippen molar-refractivity contribution < 1.29 is 18.7 Å². The number of nitrogens with zero attached hydrogens (tertiary/aromatic N) is 1. The van der Waals surface area contributed by atoms with Crippen molar-refractivity contribution in [2.24, 2.45) is 0 Å². The third-order valence-electron chi connectivity index (χ3n) is 5.14. The molecule has 29 heavy (non-hydrogen) atoms. The summed E-state index contributed by atoms with van der Waals surface area (Å²) in [4.78, 5) is 27.0. The number of carbonyl (C=O) groups excluding carboxylic acids is 2. The molecule has 1 saturated heterocycles. The fraction of sp³-hybridized carbons (Fsp3) is 0.217. The molecule has 1 aliphatic rings. The lowest BCUT2D eigenvalue weighted by molar-refractivity contribution is -0.119. The number of hydrogen-bond donors (Lipinski definition) is 1. The first-order valence-electron chi connectivity index (χ1n) is 9.54. The van der Waals surface area contributed by atoms with Gasteiger partial charge < -0.3 is 19.4 Å². The molecule has 1 aliphatic heterocycles. The minimum absolute atomic E-state index is 0.173. The van der Waals surface area contributed by atoms with Crippen molar-refractivity contribution >= 4 is 17.5 Å². The Labute approximate surface area is 169 Å². The normalized spacial score (nSPS) is 15.9. The Morgan fingerprint density at radius 3 is 2.66 bits per heavy atom. The summed E-state index contributed by atoms with van der Waals surface area (Å²) >= 11 is 0. The number of methoxy groups -OCH3 is 1. The summed E-state index contributed by atoms with van der Waals surface area (Å²) in [5.74, 6) is 0.446. The largest absolute Gasteiger partial charge is 0.497 e. The maximum absolute atomic E-state index is 12.8. The predicted octanol–water partition coefficient (Wildman–Crippen LogP) is 4.20. The summed E-state index contributed by atoms with van der Waals surface area (Å²) in [6.45, 7) is 0.566. The van der Waals surface area contributed by atoms with Crippen molar-refractivity contribution in [1.29, 1.82) is 0 Å². The molecular weight excluding hydrogens is 368 g/mol. The predicted molar refractivity (Wildman–Crippen MR) is 110 cm³/mol. The van der Waals surface area contributed by atoms with Crippen LogP contribution in [0, 0.1) is 0 Å². The number of benzene rings is 2. The first-order valence-corrected chi connectivity index (χ1v) is 9.54. The lowest BCUT2D eigenvalue weighted by Crippen LogP contribution is -2.43. The summed E-state index contributed by atoms with van der Waals surface area (Å²) in [6.07, 6.45) is 4.32. The SMILES string of the molecule is COc1cccc(-c2ccc(NC(=O)[C@@H]3CCCN3C(=O)c3ccoc3)cc2)c1. The van der Waals surface area contributed by atoms with Crippen LogP contribution in [0.25, 0.3) is 11.1 Å². The van der Waals surface area contributed by atoms with Gasteiger partial charge in [0.15, 0.2) is 0 Å². The number of ether oxygens (including phenoxy) is 1. The standard InChI is InChI=1S/C23H22N2O4/c1-28-20-5-2-4-17(14-20)16-7-9-19(10-8-16)24-22(26)21-6-3-12-25(21)23(27)18-11-13-29-15-18/h2,4-5,7-11,13-15,21H,3,6,12H2,1H3,(H,24,26)/t21-/m0/s1. The van der Waals surface area contributed by atoms with Gasteiger partial charge >= 0.3 is 0 Å². The molecule has 0 aliphatic carbocycles. The lowest BCUT2D eigenvalue weighted by Gasteiger charge is -2.23. The first-order chi connectivity index (χ1) is 14.2. The van der Waals surface area contributed by atoms with Crippen LogP contribution < -0.4 is 10.1 Å². The van der Waals surface area contributed by atoms with Crippen LogP contribution in [0.5, 0.6) is 5.75 Å². The number of likely N-dealkylation sites (tertiary alicyclic amines) is 1. The zero-order chi connectivity index (χ0) is 20.2. The third kappa shape index (κ3) is 4.01. The van der Waals surface area contributed by atoms with Gasteiger partial charge in [0.05, 0.1) is 18.9 Å². The Balaban J connectivity index is 1.44. The van der Waals surface area contributed by atoms with Crippen molar-refractivity contribution in [3.8, 4) is 16.9 Å². The molecule has 0 unspecified atom stereocenters. The van der Waals surface area contributed by atoms with E-state index in [-0.39, 0.29) is 11.8 Å². The highest BCUT2D eigenvalue weighted by Gasteiger charge is 2.34. The van der Waals surface area contributed by atoms with E-state index in [1.54, 1.807) is 18.1 Å². The van der Waals surface area contributed by atoms with Gasteiger partial charge in [-0.1, -0.05) is 24.3 Å². The van der Waals surface area contributed by atoms with Gasteiger partial charge in [-0.3, -0.25) is 9.59 Å². The molecule has 0 radical (unpaired) electrons. The maximum atomic E-state index is 12.8. The van der Waals surface area contributed by atoms with Crippen molar-refractivity contribution in [2.45, 2.75) is 18.9 Å². The zero-order valence-corrected chi connectivity index (χ0v) is 16.1. The van der Waals surface area contributed by atoms with E-state index in [0.29, 0.717) is 24.2 Å². The van der Waals surface area contributed by atoms with Crippen molar-refractivity contribution in [3.05, 3.63) is 72.7 Å². The van der Waals surface area contributed by atoms with Gasteiger partial charge in [-0.05, 0) is 54.3 Å². The Kier molecular flexibility index (Phi) is 5.33. The summed E-state index contributed by atoms with van der Waals surface area (Å²) < 4.78 is 10.3. The van der Waals surface area contributed by atoms with Crippen LogP contribution >= 0.6 is 0 Å². The van der Waals surface area contributed by atoms with E-state index >= 15 is 0 Å². The van der Waals surface area contributed by atoms with Gasteiger partial charge in [-0.25, -0.2) is 0 Å². The van der Waals surface area contributed by atoms with Crippen LogP contribution in [0.1, 0.15) is 23.2 Å². The summed E-state index contributed by atoms with van der Waals surface area (Å²) in [5.41, 5.74) is 3.23. The summed E-state index contributed by atoms with van der Waals surface area (Å²) in [5, 5.41) is 2.93. The molecule has 0 bridgehead atoms. The Hall–Kier alpha value is -3.54. The highest BCUT2D eigenvalue weighted by Crippen LogP contribution is 2.26. The summed E-state index contributed by atoms with van der Waals surface area (Å²) in [7, 11) is 1.64. The molecule has 1 atom stereocenters. The highest BCUT2D eigenvalue weighted by molar-refractivity contribution is 6.01. The molecule has 4 rings (SSSR count). The fourth-order valence-electron chi connectivity index (χ4n) is 3.61. The zero-order valence-electron chi connectivity index (χ0n) is 16.1. The second-order valence-corrected chi connectivity index (χ2v) is 6.97. The first kappa shape index (κ1) is 18.8. The van der Waals surface area contributed by atoms with Crippen LogP contribution in [0.4, 0.5) is 5.69 Å². The van der Waals surface area contributed by atoms with Crippen LogP contribution in [0.2, 0.25) is 0 Å². The molecule has 3 aromatic rings. The van der Waals surface area contributed by atoms with E-state index in [1.165, 1.54) is 12.5 Å².